The third-order valence-electron chi connectivity index (χ3n) is 4.42. The van der Waals surface area contributed by atoms with Gasteiger partial charge in [0, 0.05) is 6.04 Å². The Hall–Kier alpha value is -1.26. The number of ether oxygens (including phenoxy) is 2. The summed E-state index contributed by atoms with van der Waals surface area (Å²) < 4.78 is 10.7. The monoisotopic (exact) mass is 278 g/mol. The van der Waals surface area contributed by atoms with Crippen molar-refractivity contribution < 1.29 is 9.47 Å². The van der Waals surface area contributed by atoms with Crippen LogP contribution in [0.1, 0.15) is 31.4 Å². The molecule has 0 aliphatic carbocycles. The first kappa shape index (κ1) is 15.1. The van der Waals surface area contributed by atoms with Gasteiger partial charge in [-0.3, -0.25) is 4.90 Å². The number of methoxy groups -OCH3 is 2. The van der Waals surface area contributed by atoms with Gasteiger partial charge in [0.25, 0.3) is 0 Å². The van der Waals surface area contributed by atoms with Crippen LogP contribution < -0.4 is 15.2 Å². The summed E-state index contributed by atoms with van der Waals surface area (Å²) in [6.45, 7) is 5.32. The van der Waals surface area contributed by atoms with Crippen LogP contribution in [-0.2, 0) is 0 Å². The Morgan fingerprint density at radius 1 is 1.20 bits per heavy atom. The molecule has 1 aliphatic rings. The highest BCUT2D eigenvalue weighted by Crippen LogP contribution is 2.33. The van der Waals surface area contributed by atoms with Crippen LogP contribution in [0.15, 0.2) is 18.2 Å². The lowest BCUT2D eigenvalue weighted by Gasteiger charge is -2.36. The van der Waals surface area contributed by atoms with Crippen molar-refractivity contribution >= 4 is 0 Å². The molecule has 1 unspecified atom stereocenters. The highest BCUT2D eigenvalue weighted by atomic mass is 16.5. The number of likely N-dealkylation sites (tertiary alicyclic amines) is 1. The maximum atomic E-state index is 5.76. The van der Waals surface area contributed by atoms with Crippen LogP contribution in [0.3, 0.4) is 0 Å². The molecule has 1 fully saturated rings. The van der Waals surface area contributed by atoms with Gasteiger partial charge in [-0.05, 0) is 63.0 Å². The van der Waals surface area contributed by atoms with Crippen molar-refractivity contribution in [1.29, 1.82) is 0 Å². The van der Waals surface area contributed by atoms with E-state index in [4.69, 9.17) is 15.2 Å². The number of hydrogen-bond acceptors (Lipinski definition) is 4. The second-order valence-corrected chi connectivity index (χ2v) is 5.51. The number of hydrogen-bond donors (Lipinski definition) is 1. The van der Waals surface area contributed by atoms with E-state index in [-0.39, 0.29) is 0 Å². The zero-order valence-corrected chi connectivity index (χ0v) is 12.8. The predicted molar refractivity (Wildman–Crippen MR) is 81.3 cm³/mol. The topological polar surface area (TPSA) is 47.7 Å². The predicted octanol–water partition coefficient (Wildman–Crippen LogP) is 2.44. The molecule has 1 aliphatic heterocycles. The SMILES string of the molecule is COc1ccc(C(C)N2CCC(CN)CC2)cc1OC. The fraction of sp³-hybridized carbons (Fsp3) is 0.625. The summed E-state index contributed by atoms with van der Waals surface area (Å²) in [6, 6.07) is 6.59. The van der Waals surface area contributed by atoms with Crippen molar-refractivity contribution in [2.45, 2.75) is 25.8 Å². The van der Waals surface area contributed by atoms with Crippen molar-refractivity contribution in [3.63, 3.8) is 0 Å². The molecule has 0 spiro atoms. The van der Waals surface area contributed by atoms with Crippen LogP contribution in [0.5, 0.6) is 11.5 Å². The van der Waals surface area contributed by atoms with Gasteiger partial charge < -0.3 is 15.2 Å². The molecule has 2 N–H and O–H groups in total. The zero-order valence-electron chi connectivity index (χ0n) is 12.8. The Labute approximate surface area is 121 Å². The minimum absolute atomic E-state index is 0.397. The molecule has 0 radical (unpaired) electrons. The summed E-state index contributed by atoms with van der Waals surface area (Å²) >= 11 is 0. The first-order valence-electron chi connectivity index (χ1n) is 7.35. The highest BCUT2D eigenvalue weighted by Gasteiger charge is 2.23. The van der Waals surface area contributed by atoms with Crippen LogP contribution in [0.2, 0.25) is 0 Å². The third-order valence-corrected chi connectivity index (χ3v) is 4.42. The zero-order chi connectivity index (χ0) is 14.5. The van der Waals surface area contributed by atoms with E-state index >= 15 is 0 Å². The fourth-order valence-electron chi connectivity index (χ4n) is 2.90. The van der Waals surface area contributed by atoms with E-state index in [1.165, 1.54) is 18.4 Å². The summed E-state index contributed by atoms with van der Waals surface area (Å²) in [4.78, 5) is 2.52. The van der Waals surface area contributed by atoms with Gasteiger partial charge in [0.15, 0.2) is 11.5 Å². The van der Waals surface area contributed by atoms with Gasteiger partial charge in [0.05, 0.1) is 14.2 Å². The second-order valence-electron chi connectivity index (χ2n) is 5.51. The second kappa shape index (κ2) is 6.95. The van der Waals surface area contributed by atoms with Crippen LogP contribution in [0.25, 0.3) is 0 Å². The molecule has 1 heterocycles. The Morgan fingerprint density at radius 2 is 1.85 bits per heavy atom. The van der Waals surface area contributed by atoms with Crippen molar-refractivity contribution in [2.75, 3.05) is 33.9 Å². The molecule has 0 saturated carbocycles. The maximum Gasteiger partial charge on any atom is 0.161 e. The standard InChI is InChI=1S/C16H26N2O2/c1-12(18-8-6-13(11-17)7-9-18)14-4-5-15(19-2)16(10-14)20-3/h4-5,10,12-13H,6-9,11,17H2,1-3H3. The van der Waals surface area contributed by atoms with Gasteiger partial charge >= 0.3 is 0 Å². The summed E-state index contributed by atoms with van der Waals surface area (Å²) in [6.07, 6.45) is 2.41. The van der Waals surface area contributed by atoms with Gasteiger partial charge in [0.1, 0.15) is 0 Å². The van der Waals surface area contributed by atoms with E-state index in [0.29, 0.717) is 12.0 Å². The normalized spacial score (nSPS) is 18.8. The molecule has 0 bridgehead atoms. The van der Waals surface area contributed by atoms with E-state index in [9.17, 15) is 0 Å². The lowest BCUT2D eigenvalue weighted by molar-refractivity contribution is 0.143. The van der Waals surface area contributed by atoms with Crippen LogP contribution in [-0.4, -0.2) is 38.8 Å². The van der Waals surface area contributed by atoms with E-state index in [1.54, 1.807) is 14.2 Å². The minimum atomic E-state index is 0.397. The average Bonchev–Trinajstić information content (AvgIpc) is 2.53. The Kier molecular flexibility index (Phi) is 5.26. The molecule has 1 atom stereocenters. The first-order valence-corrected chi connectivity index (χ1v) is 7.35. The average molecular weight is 278 g/mol. The lowest BCUT2D eigenvalue weighted by Crippen LogP contribution is -2.37. The molecule has 4 heteroatoms. The molecule has 1 aromatic carbocycles. The van der Waals surface area contributed by atoms with E-state index in [0.717, 1.165) is 31.1 Å². The van der Waals surface area contributed by atoms with Crippen LogP contribution >= 0.6 is 0 Å². The molecule has 1 saturated heterocycles. The number of piperidine rings is 1. The molecule has 112 valence electrons. The lowest BCUT2D eigenvalue weighted by atomic mass is 9.95. The van der Waals surface area contributed by atoms with Crippen LogP contribution in [0.4, 0.5) is 0 Å². The molecule has 0 amide bonds. The summed E-state index contributed by atoms with van der Waals surface area (Å²) in [7, 11) is 3.34. The summed E-state index contributed by atoms with van der Waals surface area (Å²) in [5.41, 5.74) is 7.03. The third kappa shape index (κ3) is 3.25. The highest BCUT2D eigenvalue weighted by molar-refractivity contribution is 5.43. The molecule has 4 nitrogen and oxygen atoms in total. The number of nitrogens with two attached hydrogens (primary N) is 1. The van der Waals surface area contributed by atoms with Crippen molar-refractivity contribution in [3.05, 3.63) is 23.8 Å². The van der Waals surface area contributed by atoms with Gasteiger partial charge in [-0.15, -0.1) is 0 Å². The quantitative estimate of drug-likeness (QED) is 0.898. The van der Waals surface area contributed by atoms with Crippen LogP contribution in [0, 0.1) is 5.92 Å². The van der Waals surface area contributed by atoms with E-state index < -0.39 is 0 Å². The summed E-state index contributed by atoms with van der Waals surface area (Å²) in [5.74, 6) is 2.28. The molecule has 1 aromatic rings. The molecule has 0 aromatic heterocycles. The van der Waals surface area contributed by atoms with Gasteiger partial charge in [-0.25, -0.2) is 0 Å². The number of nitrogens with zero attached hydrogens (tertiary/aromatic N) is 1. The molecular weight excluding hydrogens is 252 g/mol. The minimum Gasteiger partial charge on any atom is -0.493 e. The van der Waals surface area contributed by atoms with Gasteiger partial charge in [-0.1, -0.05) is 6.07 Å². The van der Waals surface area contributed by atoms with E-state index in [2.05, 4.69) is 24.0 Å². The largest absolute Gasteiger partial charge is 0.493 e. The smallest absolute Gasteiger partial charge is 0.161 e. The number of rotatable bonds is 5. The molecule has 2 rings (SSSR count). The number of benzene rings is 1. The van der Waals surface area contributed by atoms with Crippen molar-refractivity contribution in [1.82, 2.24) is 4.90 Å². The van der Waals surface area contributed by atoms with Crippen molar-refractivity contribution in [2.24, 2.45) is 11.7 Å². The Morgan fingerprint density at radius 3 is 2.40 bits per heavy atom. The Bertz CT molecular complexity index is 428. The Balaban J connectivity index is 2.07. The molecule has 20 heavy (non-hydrogen) atoms. The van der Waals surface area contributed by atoms with Gasteiger partial charge in [0.2, 0.25) is 0 Å². The molecular formula is C16H26N2O2. The van der Waals surface area contributed by atoms with E-state index in [1.807, 2.05) is 6.07 Å². The van der Waals surface area contributed by atoms with Crippen molar-refractivity contribution in [3.8, 4) is 11.5 Å². The first-order chi connectivity index (χ1) is 9.69. The fourth-order valence-corrected chi connectivity index (χ4v) is 2.90. The van der Waals surface area contributed by atoms with Gasteiger partial charge in [-0.2, -0.15) is 0 Å². The summed E-state index contributed by atoms with van der Waals surface area (Å²) in [5, 5.41) is 0. The maximum absolute atomic E-state index is 5.76.